The number of hydrogen-bond donors (Lipinski definition) is 0. The molecule has 2 aromatic carbocycles. The fourth-order valence-corrected chi connectivity index (χ4v) is 3.67. The summed E-state index contributed by atoms with van der Waals surface area (Å²) in [7, 11) is 3.23. The van der Waals surface area contributed by atoms with Gasteiger partial charge in [0.15, 0.2) is 11.5 Å². The van der Waals surface area contributed by atoms with E-state index in [1.165, 1.54) is 6.42 Å². The Hall–Kier alpha value is -3.28. The molecule has 0 radical (unpaired) electrons. The molecule has 2 aliphatic heterocycles. The van der Waals surface area contributed by atoms with Gasteiger partial charge in [-0.3, -0.25) is 9.79 Å². The van der Waals surface area contributed by atoms with Gasteiger partial charge in [0.05, 0.1) is 38.1 Å². The number of nitrogens with zero attached hydrogens (tertiary/aromatic N) is 2. The van der Waals surface area contributed by atoms with Crippen molar-refractivity contribution in [2.24, 2.45) is 10.4 Å². The van der Waals surface area contributed by atoms with Crippen molar-refractivity contribution in [2.45, 2.75) is 53.5 Å². The predicted octanol–water partition coefficient (Wildman–Crippen LogP) is 6.52. The van der Waals surface area contributed by atoms with E-state index in [-0.39, 0.29) is 17.4 Å². The molecule has 0 fully saturated rings. The summed E-state index contributed by atoms with van der Waals surface area (Å²) >= 11 is 0. The van der Waals surface area contributed by atoms with Gasteiger partial charge >= 0.3 is 0 Å². The van der Waals surface area contributed by atoms with Gasteiger partial charge < -0.3 is 19.1 Å². The first-order valence-corrected chi connectivity index (χ1v) is 11.8. The Bertz CT molecular complexity index is 1070. The van der Waals surface area contributed by atoms with Gasteiger partial charge in [-0.05, 0) is 34.8 Å². The molecule has 182 valence electrons. The average molecular weight is 465 g/mol. The lowest BCUT2D eigenvalue weighted by Crippen LogP contribution is -2.32. The number of rotatable bonds is 5. The number of hydrogen-bond acceptors (Lipinski definition) is 5. The smallest absolute Gasteiger partial charge is 0.260 e. The molecule has 2 heterocycles. The van der Waals surface area contributed by atoms with Gasteiger partial charge in [0.2, 0.25) is 0 Å². The van der Waals surface area contributed by atoms with Crippen molar-refractivity contribution in [2.75, 3.05) is 20.8 Å². The van der Waals surface area contributed by atoms with Crippen molar-refractivity contribution in [3.8, 4) is 17.2 Å². The van der Waals surface area contributed by atoms with Gasteiger partial charge in [0, 0.05) is 24.9 Å². The van der Waals surface area contributed by atoms with Gasteiger partial charge in [-0.1, -0.05) is 53.2 Å². The van der Waals surface area contributed by atoms with E-state index in [1.54, 1.807) is 31.3 Å². The quantitative estimate of drug-likeness (QED) is 0.506. The summed E-state index contributed by atoms with van der Waals surface area (Å²) in [6.07, 6.45) is 5.73. The first-order chi connectivity index (χ1) is 16.2. The van der Waals surface area contributed by atoms with Crippen LogP contribution >= 0.6 is 0 Å². The summed E-state index contributed by atoms with van der Waals surface area (Å²) in [5.74, 6) is 1.84. The Kier molecular flexibility index (Phi) is 8.02. The minimum absolute atomic E-state index is 0.00225. The van der Waals surface area contributed by atoms with Crippen LogP contribution in [0, 0.1) is 5.41 Å². The van der Waals surface area contributed by atoms with Crippen molar-refractivity contribution in [3.63, 3.8) is 0 Å². The van der Waals surface area contributed by atoms with Crippen LogP contribution in [-0.4, -0.2) is 43.9 Å². The molecular formula is C28H36N2O4. The van der Waals surface area contributed by atoms with Gasteiger partial charge in [-0.2, -0.15) is 0 Å². The zero-order valence-corrected chi connectivity index (χ0v) is 21.3. The lowest BCUT2D eigenvalue weighted by molar-refractivity contribution is 0.0817. The third-order valence-corrected chi connectivity index (χ3v) is 5.34. The maximum Gasteiger partial charge on any atom is 0.260 e. The first-order valence-electron chi connectivity index (χ1n) is 11.8. The molecule has 0 spiro atoms. The summed E-state index contributed by atoms with van der Waals surface area (Å²) < 4.78 is 16.7. The molecule has 2 aliphatic rings. The standard InChI is InChI=1S/C25H28N2O4.C3H8/c1-25(2,3)15-31-23-12-21-20(11-22(23)30-5)24(28)27-14-17(10-18(27)13-26-21)16-6-8-19(29-4)9-7-16;1-3-2/h6-9,11-14,18H,10,15H2,1-5H3;3H2,1-2H3. The largest absolute Gasteiger partial charge is 0.497 e. The average Bonchev–Trinajstić information content (AvgIpc) is 3.20. The van der Waals surface area contributed by atoms with Gasteiger partial charge in [0.25, 0.3) is 5.91 Å². The van der Waals surface area contributed by atoms with Crippen LogP contribution in [-0.2, 0) is 0 Å². The van der Waals surface area contributed by atoms with Crippen LogP contribution in [0.15, 0.2) is 47.6 Å². The SMILES string of the molecule is CCC.COc1ccc(C2=CN3C(=O)c4cc(OC)c(OCC(C)(C)C)cc4N=CC3C2)cc1. The molecule has 6 heteroatoms. The van der Waals surface area contributed by atoms with Crippen molar-refractivity contribution in [1.82, 2.24) is 4.90 Å². The molecule has 0 bridgehead atoms. The van der Waals surface area contributed by atoms with Crippen LogP contribution in [0.25, 0.3) is 5.57 Å². The number of aliphatic imine (C=N–C) groups is 1. The van der Waals surface area contributed by atoms with E-state index in [0.717, 1.165) is 16.9 Å². The van der Waals surface area contributed by atoms with Gasteiger partial charge in [-0.15, -0.1) is 0 Å². The Labute approximate surface area is 203 Å². The lowest BCUT2D eigenvalue weighted by Gasteiger charge is -2.21. The van der Waals surface area contributed by atoms with E-state index in [1.807, 2.05) is 36.7 Å². The molecule has 1 amide bonds. The minimum Gasteiger partial charge on any atom is -0.497 e. The van der Waals surface area contributed by atoms with E-state index in [2.05, 4.69) is 39.6 Å². The van der Waals surface area contributed by atoms with E-state index >= 15 is 0 Å². The third-order valence-electron chi connectivity index (χ3n) is 5.34. The fraction of sp³-hybridized carbons (Fsp3) is 0.429. The third kappa shape index (κ3) is 5.79. The minimum atomic E-state index is -0.123. The van der Waals surface area contributed by atoms with Crippen LogP contribution in [0.1, 0.15) is 63.4 Å². The number of carbonyl (C=O) groups excluding carboxylic acids is 1. The van der Waals surface area contributed by atoms with E-state index in [9.17, 15) is 4.79 Å². The highest BCUT2D eigenvalue weighted by atomic mass is 16.5. The molecular weight excluding hydrogens is 428 g/mol. The molecule has 4 rings (SSSR count). The Morgan fingerprint density at radius 2 is 1.71 bits per heavy atom. The number of carbonyl (C=O) groups is 1. The summed E-state index contributed by atoms with van der Waals surface area (Å²) in [5.41, 5.74) is 3.27. The van der Waals surface area contributed by atoms with Crippen molar-refractivity contribution < 1.29 is 19.0 Å². The number of fused-ring (bicyclic) bond motifs is 2. The fourth-order valence-electron chi connectivity index (χ4n) is 3.67. The number of amides is 1. The molecule has 6 nitrogen and oxygen atoms in total. The van der Waals surface area contributed by atoms with Crippen LogP contribution in [0.2, 0.25) is 0 Å². The summed E-state index contributed by atoms with van der Waals surface area (Å²) in [6.45, 7) is 11.1. The van der Waals surface area contributed by atoms with E-state index in [0.29, 0.717) is 35.8 Å². The predicted molar refractivity (Wildman–Crippen MR) is 138 cm³/mol. The lowest BCUT2D eigenvalue weighted by atomic mass is 9.99. The molecule has 1 atom stereocenters. The Balaban J connectivity index is 0.00000103. The van der Waals surface area contributed by atoms with Crippen LogP contribution in [0.3, 0.4) is 0 Å². The molecule has 0 saturated heterocycles. The van der Waals surface area contributed by atoms with Crippen LogP contribution in [0.4, 0.5) is 5.69 Å². The maximum atomic E-state index is 13.4. The number of ether oxygens (including phenoxy) is 3. The van der Waals surface area contributed by atoms with Crippen LogP contribution < -0.4 is 14.2 Å². The van der Waals surface area contributed by atoms with E-state index in [4.69, 9.17) is 14.2 Å². The summed E-state index contributed by atoms with van der Waals surface area (Å²) in [6, 6.07) is 11.3. The Morgan fingerprint density at radius 1 is 1.03 bits per heavy atom. The van der Waals surface area contributed by atoms with Crippen molar-refractivity contribution >= 4 is 23.4 Å². The highest BCUT2D eigenvalue weighted by Gasteiger charge is 2.33. The zero-order chi connectivity index (χ0) is 24.9. The Morgan fingerprint density at radius 3 is 2.29 bits per heavy atom. The molecule has 0 aromatic heterocycles. The second-order valence-electron chi connectivity index (χ2n) is 9.72. The highest BCUT2D eigenvalue weighted by molar-refractivity contribution is 6.05. The van der Waals surface area contributed by atoms with E-state index < -0.39 is 0 Å². The van der Waals surface area contributed by atoms with Gasteiger partial charge in [-0.25, -0.2) is 0 Å². The normalized spacial score (nSPS) is 16.6. The molecule has 1 unspecified atom stereocenters. The molecule has 2 aromatic rings. The second kappa shape index (κ2) is 10.8. The maximum absolute atomic E-state index is 13.4. The summed E-state index contributed by atoms with van der Waals surface area (Å²) in [5, 5.41) is 0. The highest BCUT2D eigenvalue weighted by Crippen LogP contribution is 2.40. The van der Waals surface area contributed by atoms with Crippen molar-refractivity contribution in [1.29, 1.82) is 0 Å². The van der Waals surface area contributed by atoms with Crippen molar-refractivity contribution in [3.05, 3.63) is 53.7 Å². The molecule has 34 heavy (non-hydrogen) atoms. The van der Waals surface area contributed by atoms with Crippen LogP contribution in [0.5, 0.6) is 17.2 Å². The molecule has 0 saturated carbocycles. The van der Waals surface area contributed by atoms with Gasteiger partial charge in [0.1, 0.15) is 5.75 Å². The number of methoxy groups -OCH3 is 2. The zero-order valence-electron chi connectivity index (χ0n) is 21.3. The molecule has 0 aliphatic carbocycles. The number of benzene rings is 2. The molecule has 0 N–H and O–H groups in total. The first kappa shape index (κ1) is 25.3. The summed E-state index contributed by atoms with van der Waals surface area (Å²) in [4.78, 5) is 19.8. The monoisotopic (exact) mass is 464 g/mol. The second-order valence-corrected chi connectivity index (χ2v) is 9.72. The topological polar surface area (TPSA) is 60.4 Å².